The van der Waals surface area contributed by atoms with Crippen molar-refractivity contribution in [3.8, 4) is 34.3 Å². The molecule has 0 radical (unpaired) electrons. The molecule has 0 bridgehead atoms. The van der Waals surface area contributed by atoms with Crippen molar-refractivity contribution in [1.29, 1.82) is 0 Å². The van der Waals surface area contributed by atoms with Gasteiger partial charge in [-0.1, -0.05) is 5.21 Å². The molecule has 0 aliphatic heterocycles. The van der Waals surface area contributed by atoms with Crippen LogP contribution in [0.1, 0.15) is 27.6 Å². The minimum atomic E-state index is -0.721. The number of benzene rings is 1. The number of tetrazole rings is 1. The zero-order valence-corrected chi connectivity index (χ0v) is 23.5. The second-order valence-corrected chi connectivity index (χ2v) is 8.99. The maximum absolute atomic E-state index is 14.1. The van der Waals surface area contributed by atoms with E-state index in [2.05, 4.69) is 30.6 Å². The van der Waals surface area contributed by atoms with Gasteiger partial charge in [0.15, 0.2) is 18.1 Å². The number of nitrogens with one attached hydrogen (secondary N) is 1. The molecule has 1 N–H and O–H groups in total. The smallest absolute Gasteiger partial charge is 0.355 e. The largest absolute Gasteiger partial charge is 0.493 e. The summed E-state index contributed by atoms with van der Waals surface area (Å²) in [7, 11) is 5.72. The van der Waals surface area contributed by atoms with Crippen LogP contribution in [-0.2, 0) is 17.9 Å². The summed E-state index contributed by atoms with van der Waals surface area (Å²) in [5, 5.41) is 14.0. The zero-order chi connectivity index (χ0) is 29.8. The Kier molecular flexibility index (Phi) is 7.95. The van der Waals surface area contributed by atoms with Gasteiger partial charge in [-0.25, -0.2) is 9.78 Å². The number of aromatic nitrogens is 7. The molecule has 0 saturated carbocycles. The molecule has 0 atom stereocenters. The molecule has 14 nitrogen and oxygen atoms in total. The average molecular weight is 574 g/mol. The Morgan fingerprint density at radius 1 is 1.00 bits per heavy atom. The Balaban J connectivity index is 1.82. The van der Waals surface area contributed by atoms with Gasteiger partial charge in [-0.2, -0.15) is 5.21 Å². The van der Waals surface area contributed by atoms with Crippen molar-refractivity contribution < 1.29 is 28.5 Å². The summed E-state index contributed by atoms with van der Waals surface area (Å²) in [6.07, 6.45) is 1.64. The van der Waals surface area contributed by atoms with Crippen LogP contribution in [0.25, 0.3) is 22.0 Å². The highest BCUT2D eigenvalue weighted by Crippen LogP contribution is 2.43. The van der Waals surface area contributed by atoms with Crippen LogP contribution in [0.2, 0.25) is 0 Å². The number of methoxy groups -OCH3 is 4. The van der Waals surface area contributed by atoms with Gasteiger partial charge in [-0.15, -0.1) is 10.2 Å². The number of esters is 1. The number of fused-ring (bicyclic) bond motifs is 1. The summed E-state index contributed by atoms with van der Waals surface area (Å²) in [6, 6.07) is 10.2. The molecule has 0 fully saturated rings. The van der Waals surface area contributed by atoms with Gasteiger partial charge in [-0.3, -0.25) is 14.3 Å². The topological polar surface area (TPSA) is 165 Å². The second kappa shape index (κ2) is 11.9. The summed E-state index contributed by atoms with van der Waals surface area (Å²) >= 11 is 0. The normalized spacial score (nSPS) is 10.9. The van der Waals surface area contributed by atoms with Gasteiger partial charge < -0.3 is 23.7 Å². The SMILES string of the molecule is COC(=O)c1c(-c2cc(OC)c(OC)c(OC)c2)c2ccc(OCc3nn[nH]n3)nc2c(=O)n1Cc1ccnc(C)c1. The van der Waals surface area contributed by atoms with E-state index < -0.39 is 11.5 Å². The molecular formula is C28H27N7O7. The van der Waals surface area contributed by atoms with Crippen LogP contribution in [0, 0.1) is 6.92 Å². The van der Waals surface area contributed by atoms with E-state index in [-0.39, 0.29) is 30.2 Å². The monoisotopic (exact) mass is 573 g/mol. The quantitative estimate of drug-likeness (QED) is 0.243. The van der Waals surface area contributed by atoms with Crippen LogP contribution < -0.4 is 24.5 Å². The summed E-state index contributed by atoms with van der Waals surface area (Å²) < 4.78 is 28.9. The molecular weight excluding hydrogens is 546 g/mol. The summed E-state index contributed by atoms with van der Waals surface area (Å²) in [4.78, 5) is 36.3. The van der Waals surface area contributed by atoms with Gasteiger partial charge in [0.2, 0.25) is 17.5 Å². The number of hydrogen-bond acceptors (Lipinski definition) is 12. The fourth-order valence-electron chi connectivity index (χ4n) is 4.62. The Bertz CT molecular complexity index is 1800. The van der Waals surface area contributed by atoms with Gasteiger partial charge in [0, 0.05) is 28.9 Å². The molecule has 0 unspecified atom stereocenters. The second-order valence-electron chi connectivity index (χ2n) is 8.99. The van der Waals surface area contributed by atoms with Crippen LogP contribution in [0.3, 0.4) is 0 Å². The number of rotatable bonds is 10. The third-order valence-electron chi connectivity index (χ3n) is 6.47. The van der Waals surface area contributed by atoms with E-state index in [0.29, 0.717) is 39.6 Å². The third-order valence-corrected chi connectivity index (χ3v) is 6.47. The van der Waals surface area contributed by atoms with E-state index in [4.69, 9.17) is 23.7 Å². The van der Waals surface area contributed by atoms with Crippen molar-refractivity contribution in [1.82, 2.24) is 35.2 Å². The van der Waals surface area contributed by atoms with Crippen molar-refractivity contribution in [3.63, 3.8) is 0 Å². The highest BCUT2D eigenvalue weighted by molar-refractivity contribution is 6.06. The lowest BCUT2D eigenvalue weighted by atomic mass is 9.97. The van der Waals surface area contributed by atoms with Crippen molar-refractivity contribution >= 4 is 16.9 Å². The molecule has 0 aliphatic rings. The van der Waals surface area contributed by atoms with E-state index in [1.807, 2.05) is 13.0 Å². The summed E-state index contributed by atoms with van der Waals surface area (Å²) in [5.41, 5.74) is 1.91. The minimum Gasteiger partial charge on any atom is -0.493 e. The lowest BCUT2D eigenvalue weighted by molar-refractivity contribution is 0.0588. The summed E-state index contributed by atoms with van der Waals surface area (Å²) in [5.74, 6) is 0.807. The lowest BCUT2D eigenvalue weighted by Crippen LogP contribution is -2.29. The molecule has 0 amide bonds. The van der Waals surface area contributed by atoms with Crippen LogP contribution in [-0.4, -0.2) is 69.6 Å². The van der Waals surface area contributed by atoms with Crippen molar-refractivity contribution in [2.75, 3.05) is 28.4 Å². The fraction of sp³-hybridized carbons (Fsp3) is 0.250. The Labute approximate surface area is 239 Å². The maximum atomic E-state index is 14.1. The van der Waals surface area contributed by atoms with E-state index >= 15 is 0 Å². The highest BCUT2D eigenvalue weighted by Gasteiger charge is 2.27. The molecule has 42 heavy (non-hydrogen) atoms. The van der Waals surface area contributed by atoms with Crippen molar-refractivity contribution in [2.45, 2.75) is 20.1 Å². The Hall–Kier alpha value is -5.53. The van der Waals surface area contributed by atoms with Crippen LogP contribution in [0.4, 0.5) is 0 Å². The molecule has 5 rings (SSSR count). The maximum Gasteiger partial charge on any atom is 0.355 e. The molecule has 0 aliphatic carbocycles. The molecule has 1 aromatic carbocycles. The Morgan fingerprint density at radius 2 is 1.76 bits per heavy atom. The first-order valence-corrected chi connectivity index (χ1v) is 12.6. The first-order chi connectivity index (χ1) is 20.4. The number of H-pyrrole nitrogens is 1. The molecule has 14 heteroatoms. The summed E-state index contributed by atoms with van der Waals surface area (Å²) in [6.45, 7) is 1.85. The number of aryl methyl sites for hydroxylation is 1. The van der Waals surface area contributed by atoms with Crippen molar-refractivity contribution in [3.05, 3.63) is 75.7 Å². The van der Waals surface area contributed by atoms with Crippen LogP contribution >= 0.6 is 0 Å². The molecule has 216 valence electrons. The van der Waals surface area contributed by atoms with Gasteiger partial charge >= 0.3 is 5.97 Å². The van der Waals surface area contributed by atoms with Crippen molar-refractivity contribution in [2.24, 2.45) is 0 Å². The molecule has 0 spiro atoms. The molecule has 4 heterocycles. The number of nitrogens with zero attached hydrogens (tertiary/aromatic N) is 6. The number of carbonyl (C=O) groups excluding carboxylic acids is 1. The number of hydrogen-bond donors (Lipinski definition) is 1. The van der Waals surface area contributed by atoms with Gasteiger partial charge in [0.1, 0.15) is 11.2 Å². The predicted molar refractivity (Wildman–Crippen MR) is 149 cm³/mol. The zero-order valence-electron chi connectivity index (χ0n) is 23.5. The van der Waals surface area contributed by atoms with E-state index in [9.17, 15) is 9.59 Å². The number of aromatic amines is 1. The van der Waals surface area contributed by atoms with E-state index in [1.54, 1.807) is 36.5 Å². The first kappa shape index (κ1) is 28.0. The predicted octanol–water partition coefficient (Wildman–Crippen LogP) is 2.72. The first-order valence-electron chi connectivity index (χ1n) is 12.6. The highest BCUT2D eigenvalue weighted by atomic mass is 16.5. The minimum absolute atomic E-state index is 0.0148. The van der Waals surface area contributed by atoms with E-state index in [1.165, 1.54) is 33.0 Å². The molecule has 0 saturated heterocycles. The van der Waals surface area contributed by atoms with Gasteiger partial charge in [0.25, 0.3) is 5.56 Å². The van der Waals surface area contributed by atoms with Crippen LogP contribution in [0.15, 0.2) is 47.4 Å². The van der Waals surface area contributed by atoms with Gasteiger partial charge in [-0.05, 0) is 48.4 Å². The Morgan fingerprint density at radius 3 is 2.38 bits per heavy atom. The standard InChI is InChI=1S/C28H27N7O7/c1-15-10-16(8-9-29-15)13-35-25(28(37)41-5)23(17-11-19(38-2)26(40-4)20(12-17)39-3)18-6-7-22(30-24(18)27(35)36)42-14-21-31-33-34-32-21/h6-12H,13-14H2,1-5H3,(H,31,32,33,34). The van der Waals surface area contributed by atoms with E-state index in [0.717, 1.165) is 11.3 Å². The number of carbonyl (C=O) groups is 1. The van der Waals surface area contributed by atoms with Crippen LogP contribution in [0.5, 0.6) is 23.1 Å². The third kappa shape index (κ3) is 5.29. The average Bonchev–Trinajstić information content (AvgIpc) is 3.54. The number of ether oxygens (including phenoxy) is 5. The molecule has 5 aromatic rings. The lowest BCUT2D eigenvalue weighted by Gasteiger charge is -2.20. The molecule has 4 aromatic heterocycles. The fourth-order valence-corrected chi connectivity index (χ4v) is 4.62. The van der Waals surface area contributed by atoms with Gasteiger partial charge in [0.05, 0.1) is 35.0 Å². The number of pyridine rings is 3.